The molecule has 0 aliphatic carbocycles. The summed E-state index contributed by atoms with van der Waals surface area (Å²) in [7, 11) is 3.17. The molecule has 3 aromatic rings. The van der Waals surface area contributed by atoms with E-state index in [2.05, 4.69) is 10.4 Å². The van der Waals surface area contributed by atoms with Gasteiger partial charge in [-0.15, -0.1) is 0 Å². The van der Waals surface area contributed by atoms with Crippen molar-refractivity contribution in [1.82, 2.24) is 9.78 Å². The second kappa shape index (κ2) is 8.53. The van der Waals surface area contributed by atoms with Crippen LogP contribution in [0.3, 0.4) is 0 Å². The van der Waals surface area contributed by atoms with Crippen LogP contribution in [0.2, 0.25) is 0 Å². The molecule has 146 valence electrons. The van der Waals surface area contributed by atoms with Gasteiger partial charge in [0, 0.05) is 36.6 Å². The van der Waals surface area contributed by atoms with E-state index in [1.54, 1.807) is 29.1 Å². The van der Waals surface area contributed by atoms with Crippen LogP contribution in [-0.2, 0) is 7.05 Å². The van der Waals surface area contributed by atoms with Gasteiger partial charge >= 0.3 is 0 Å². The summed E-state index contributed by atoms with van der Waals surface area (Å²) in [5, 5.41) is 6.99. The third-order valence-corrected chi connectivity index (χ3v) is 4.12. The van der Waals surface area contributed by atoms with Crippen LogP contribution in [0.5, 0.6) is 11.5 Å². The quantitative estimate of drug-likeness (QED) is 0.654. The number of amides is 1. The summed E-state index contributed by atoms with van der Waals surface area (Å²) in [6.45, 7) is 0.752. The van der Waals surface area contributed by atoms with Gasteiger partial charge in [0.2, 0.25) is 0 Å². The van der Waals surface area contributed by atoms with Crippen molar-refractivity contribution in [3.05, 3.63) is 60.0 Å². The molecule has 0 radical (unpaired) electrons. The van der Waals surface area contributed by atoms with Crippen LogP contribution >= 0.6 is 0 Å². The van der Waals surface area contributed by atoms with E-state index >= 15 is 0 Å². The van der Waals surface area contributed by atoms with Crippen LogP contribution in [0.15, 0.2) is 48.7 Å². The number of nitrogens with zero attached hydrogens (tertiary/aromatic N) is 2. The Morgan fingerprint density at radius 1 is 1.21 bits per heavy atom. The molecule has 0 saturated carbocycles. The lowest BCUT2D eigenvalue weighted by Crippen LogP contribution is -2.13. The second-order valence-electron chi connectivity index (χ2n) is 5.99. The third kappa shape index (κ3) is 4.12. The molecule has 0 fully saturated rings. The average molecular weight is 384 g/mol. The largest absolute Gasteiger partial charge is 0.494 e. The molecule has 0 atom stereocenters. The molecule has 1 heterocycles. The van der Waals surface area contributed by atoms with Crippen LogP contribution < -0.4 is 20.5 Å². The molecular weight excluding hydrogens is 363 g/mol. The molecule has 28 heavy (non-hydrogen) atoms. The Balaban J connectivity index is 1.90. The van der Waals surface area contributed by atoms with E-state index in [-0.39, 0.29) is 17.2 Å². The van der Waals surface area contributed by atoms with Crippen LogP contribution in [0.1, 0.15) is 10.4 Å². The molecule has 0 unspecified atom stereocenters. The van der Waals surface area contributed by atoms with Gasteiger partial charge in [0.25, 0.3) is 5.91 Å². The van der Waals surface area contributed by atoms with Crippen molar-refractivity contribution in [2.24, 2.45) is 12.8 Å². The fourth-order valence-electron chi connectivity index (χ4n) is 2.75. The molecule has 7 nitrogen and oxygen atoms in total. The molecule has 0 bridgehead atoms. The van der Waals surface area contributed by atoms with Crippen LogP contribution in [-0.4, -0.2) is 35.9 Å². The number of nitrogens with two attached hydrogens (primary N) is 1. The smallest absolute Gasteiger partial charge is 0.255 e. The van der Waals surface area contributed by atoms with Gasteiger partial charge in [-0.3, -0.25) is 9.48 Å². The van der Waals surface area contributed by atoms with E-state index < -0.39 is 5.82 Å². The molecule has 1 amide bonds. The van der Waals surface area contributed by atoms with Gasteiger partial charge in [-0.25, -0.2) is 4.39 Å². The predicted molar refractivity (Wildman–Crippen MR) is 104 cm³/mol. The van der Waals surface area contributed by atoms with Crippen LogP contribution in [0, 0.1) is 5.82 Å². The van der Waals surface area contributed by atoms with Crippen molar-refractivity contribution in [3.63, 3.8) is 0 Å². The van der Waals surface area contributed by atoms with E-state index in [4.69, 9.17) is 15.2 Å². The highest BCUT2D eigenvalue weighted by Crippen LogP contribution is 2.32. The van der Waals surface area contributed by atoms with Crippen LogP contribution in [0.4, 0.5) is 10.1 Å². The third-order valence-electron chi connectivity index (χ3n) is 4.12. The van der Waals surface area contributed by atoms with Gasteiger partial charge < -0.3 is 20.5 Å². The zero-order valence-electron chi connectivity index (χ0n) is 15.6. The number of hydrogen-bond acceptors (Lipinski definition) is 5. The fourth-order valence-corrected chi connectivity index (χ4v) is 2.75. The molecule has 2 aromatic carbocycles. The summed E-state index contributed by atoms with van der Waals surface area (Å²) in [4.78, 5) is 12.6. The minimum Gasteiger partial charge on any atom is -0.494 e. The molecule has 0 saturated heterocycles. The summed E-state index contributed by atoms with van der Waals surface area (Å²) in [5.41, 5.74) is 7.97. The normalized spacial score (nSPS) is 10.6. The Kier molecular flexibility index (Phi) is 5.90. The van der Waals surface area contributed by atoms with Crippen molar-refractivity contribution in [2.75, 3.05) is 25.6 Å². The van der Waals surface area contributed by atoms with E-state index in [1.807, 2.05) is 13.1 Å². The number of methoxy groups -OCH3 is 1. The van der Waals surface area contributed by atoms with Crippen molar-refractivity contribution in [3.8, 4) is 22.8 Å². The number of ether oxygens (including phenoxy) is 2. The second-order valence-corrected chi connectivity index (χ2v) is 5.99. The summed E-state index contributed by atoms with van der Waals surface area (Å²) < 4.78 is 25.9. The summed E-state index contributed by atoms with van der Waals surface area (Å²) in [5.74, 6) is -0.270. The highest BCUT2D eigenvalue weighted by atomic mass is 19.1. The number of benzene rings is 2. The lowest BCUT2D eigenvalue weighted by Gasteiger charge is -2.14. The maximum absolute atomic E-state index is 13.6. The number of nitrogens with one attached hydrogen (secondary N) is 1. The minimum atomic E-state index is -0.529. The van der Waals surface area contributed by atoms with Crippen molar-refractivity contribution < 1.29 is 18.7 Å². The number of halogens is 1. The first-order valence-electron chi connectivity index (χ1n) is 8.63. The first kappa shape index (κ1) is 19.4. The van der Waals surface area contributed by atoms with Gasteiger partial charge in [-0.2, -0.15) is 5.10 Å². The van der Waals surface area contributed by atoms with E-state index in [0.29, 0.717) is 24.6 Å². The van der Waals surface area contributed by atoms with Crippen molar-refractivity contribution >= 4 is 11.6 Å². The fraction of sp³-hybridized carbons (Fsp3) is 0.200. The summed E-state index contributed by atoms with van der Waals surface area (Å²) >= 11 is 0. The zero-order chi connectivity index (χ0) is 20.1. The van der Waals surface area contributed by atoms with Gasteiger partial charge in [-0.1, -0.05) is 0 Å². The van der Waals surface area contributed by atoms with Gasteiger partial charge in [0.15, 0.2) is 11.6 Å². The number of hydrogen-bond donors (Lipinski definition) is 2. The highest BCUT2D eigenvalue weighted by molar-refractivity contribution is 6.04. The lowest BCUT2D eigenvalue weighted by molar-refractivity contribution is 0.102. The zero-order valence-corrected chi connectivity index (χ0v) is 15.6. The van der Waals surface area contributed by atoms with Crippen molar-refractivity contribution in [1.29, 1.82) is 0 Å². The number of aryl methyl sites for hydroxylation is 1. The maximum atomic E-state index is 13.6. The number of rotatable bonds is 7. The average Bonchev–Trinajstić information content (AvgIpc) is 3.13. The summed E-state index contributed by atoms with van der Waals surface area (Å²) in [6.07, 6.45) is 1.68. The van der Waals surface area contributed by atoms with Gasteiger partial charge in [-0.05, 0) is 42.5 Å². The molecule has 1 aromatic heterocycles. The summed E-state index contributed by atoms with van der Waals surface area (Å²) in [6, 6.07) is 11.1. The molecule has 8 heteroatoms. The number of aromatic nitrogens is 2. The highest BCUT2D eigenvalue weighted by Gasteiger charge is 2.14. The van der Waals surface area contributed by atoms with E-state index in [0.717, 1.165) is 11.3 Å². The molecule has 0 spiro atoms. The first-order valence-corrected chi connectivity index (χ1v) is 8.63. The standard InChI is InChI=1S/C20H21FN4O3/c1-25-17(7-9-23-25)15-12-14(4-6-18(15)28-10-8-22)24-20(26)13-3-5-16(21)19(11-13)27-2/h3-7,9,11-12H,8,10,22H2,1-2H3,(H,24,26). The maximum Gasteiger partial charge on any atom is 0.255 e. The van der Waals surface area contributed by atoms with Crippen LogP contribution in [0.25, 0.3) is 11.3 Å². The first-order chi connectivity index (χ1) is 13.5. The Morgan fingerprint density at radius 2 is 2.04 bits per heavy atom. The minimum absolute atomic E-state index is 0.00811. The molecule has 3 rings (SSSR count). The van der Waals surface area contributed by atoms with Gasteiger partial charge in [0.1, 0.15) is 12.4 Å². The van der Waals surface area contributed by atoms with E-state index in [9.17, 15) is 9.18 Å². The van der Waals surface area contributed by atoms with E-state index in [1.165, 1.54) is 25.3 Å². The Bertz CT molecular complexity index is 987. The molecular formula is C20H21FN4O3. The lowest BCUT2D eigenvalue weighted by atomic mass is 10.1. The number of carbonyl (C=O) groups excluding carboxylic acids is 1. The molecule has 0 aliphatic heterocycles. The monoisotopic (exact) mass is 384 g/mol. The number of carbonyl (C=O) groups is 1. The predicted octanol–water partition coefficient (Wildman–Crippen LogP) is 2.82. The molecule has 3 N–H and O–H groups in total. The van der Waals surface area contributed by atoms with Crippen molar-refractivity contribution in [2.45, 2.75) is 0 Å². The van der Waals surface area contributed by atoms with Gasteiger partial charge in [0.05, 0.1) is 12.8 Å². The molecule has 0 aliphatic rings. The SMILES string of the molecule is COc1cc(C(=O)Nc2ccc(OCCN)c(-c3ccnn3C)c2)ccc1F. The Morgan fingerprint density at radius 3 is 2.71 bits per heavy atom. The Labute approximate surface area is 161 Å². The topological polar surface area (TPSA) is 91.4 Å². The Hall–Kier alpha value is -3.39. The number of anilines is 1.